The number of anilines is 1. The molecule has 0 radical (unpaired) electrons. The maximum Gasteiger partial charge on any atom is 0.163 e. The third kappa shape index (κ3) is 2.05. The first-order valence-electron chi connectivity index (χ1n) is 4.29. The number of carbonyl (C=O) groups excluding carboxylic acids is 1. The zero-order chi connectivity index (χ0) is 10.0. The number of hydrogen-bond acceptors (Lipinski definition) is 3. The summed E-state index contributed by atoms with van der Waals surface area (Å²) in [6.07, 6.45) is 0. The first-order chi connectivity index (χ1) is 6.02. The predicted molar refractivity (Wildman–Crippen MR) is 52.7 cm³/mol. The second-order valence-corrected chi connectivity index (χ2v) is 3.38. The number of carbonyl (C=O) groups is 1. The molecule has 0 unspecified atom stereocenters. The standard InChI is InChI=1S/C10H14N2O/c1-6(2)9-5-4-8(7(3)13)10(11)12-9/h4-6H,1-3H3,(H2,11,12). The Morgan fingerprint density at radius 1 is 1.46 bits per heavy atom. The Balaban J connectivity index is 3.13. The van der Waals surface area contributed by atoms with E-state index in [4.69, 9.17) is 5.73 Å². The summed E-state index contributed by atoms with van der Waals surface area (Å²) in [6, 6.07) is 3.58. The Kier molecular flexibility index (Phi) is 2.66. The lowest BCUT2D eigenvalue weighted by molar-refractivity contribution is 0.101. The van der Waals surface area contributed by atoms with Crippen LogP contribution in [0.5, 0.6) is 0 Å². The van der Waals surface area contributed by atoms with Gasteiger partial charge in [-0.1, -0.05) is 13.8 Å². The van der Waals surface area contributed by atoms with E-state index in [-0.39, 0.29) is 5.78 Å². The van der Waals surface area contributed by atoms with E-state index in [1.807, 2.05) is 19.9 Å². The highest BCUT2D eigenvalue weighted by Crippen LogP contribution is 2.16. The van der Waals surface area contributed by atoms with Gasteiger partial charge in [-0.2, -0.15) is 0 Å². The fraction of sp³-hybridized carbons (Fsp3) is 0.400. The molecule has 1 aromatic heterocycles. The van der Waals surface area contributed by atoms with E-state index in [9.17, 15) is 4.79 Å². The number of nitrogens with zero attached hydrogens (tertiary/aromatic N) is 1. The van der Waals surface area contributed by atoms with Gasteiger partial charge in [0.25, 0.3) is 0 Å². The second kappa shape index (κ2) is 3.56. The van der Waals surface area contributed by atoms with Gasteiger partial charge in [-0.3, -0.25) is 4.79 Å². The van der Waals surface area contributed by atoms with E-state index in [0.29, 0.717) is 17.3 Å². The van der Waals surface area contributed by atoms with Crippen LogP contribution in [0, 0.1) is 0 Å². The number of nitrogen functional groups attached to an aromatic ring is 1. The number of pyridine rings is 1. The topological polar surface area (TPSA) is 56.0 Å². The molecule has 0 bridgehead atoms. The predicted octanol–water partition coefficient (Wildman–Crippen LogP) is 1.99. The van der Waals surface area contributed by atoms with Crippen LogP contribution in [-0.2, 0) is 0 Å². The van der Waals surface area contributed by atoms with Gasteiger partial charge < -0.3 is 5.73 Å². The highest BCUT2D eigenvalue weighted by molar-refractivity contribution is 5.98. The van der Waals surface area contributed by atoms with Crippen molar-refractivity contribution in [1.29, 1.82) is 0 Å². The third-order valence-corrected chi connectivity index (χ3v) is 1.92. The number of nitrogens with two attached hydrogens (primary N) is 1. The molecule has 0 aliphatic carbocycles. The Morgan fingerprint density at radius 3 is 2.46 bits per heavy atom. The minimum Gasteiger partial charge on any atom is -0.383 e. The summed E-state index contributed by atoms with van der Waals surface area (Å²) in [5, 5.41) is 0. The quantitative estimate of drug-likeness (QED) is 0.704. The molecular weight excluding hydrogens is 164 g/mol. The first-order valence-corrected chi connectivity index (χ1v) is 4.29. The highest BCUT2D eigenvalue weighted by atomic mass is 16.1. The van der Waals surface area contributed by atoms with Crippen LogP contribution in [0.15, 0.2) is 12.1 Å². The molecule has 2 N–H and O–H groups in total. The molecule has 13 heavy (non-hydrogen) atoms. The number of hydrogen-bond donors (Lipinski definition) is 1. The minimum atomic E-state index is -0.0414. The molecule has 70 valence electrons. The molecule has 0 saturated carbocycles. The summed E-state index contributed by atoms with van der Waals surface area (Å²) >= 11 is 0. The van der Waals surface area contributed by atoms with Gasteiger partial charge in [-0.25, -0.2) is 4.98 Å². The summed E-state index contributed by atoms with van der Waals surface area (Å²) in [6.45, 7) is 5.56. The van der Waals surface area contributed by atoms with Crippen LogP contribution in [0.1, 0.15) is 42.7 Å². The zero-order valence-electron chi connectivity index (χ0n) is 8.16. The van der Waals surface area contributed by atoms with Crippen LogP contribution in [0.2, 0.25) is 0 Å². The average Bonchev–Trinajstić information content (AvgIpc) is 2.03. The molecule has 3 nitrogen and oxygen atoms in total. The lowest BCUT2D eigenvalue weighted by atomic mass is 10.1. The molecule has 1 rings (SSSR count). The molecule has 0 fully saturated rings. The van der Waals surface area contributed by atoms with Crippen molar-refractivity contribution < 1.29 is 4.79 Å². The van der Waals surface area contributed by atoms with E-state index < -0.39 is 0 Å². The van der Waals surface area contributed by atoms with Crippen LogP contribution in [-0.4, -0.2) is 10.8 Å². The van der Waals surface area contributed by atoms with Crippen LogP contribution < -0.4 is 5.73 Å². The van der Waals surface area contributed by atoms with Crippen molar-refractivity contribution >= 4 is 11.6 Å². The average molecular weight is 178 g/mol. The van der Waals surface area contributed by atoms with Crippen LogP contribution >= 0.6 is 0 Å². The zero-order valence-corrected chi connectivity index (χ0v) is 8.16. The van der Waals surface area contributed by atoms with Crippen LogP contribution in [0.25, 0.3) is 0 Å². The number of ketones is 1. The monoisotopic (exact) mass is 178 g/mol. The van der Waals surface area contributed by atoms with Crippen molar-refractivity contribution in [2.24, 2.45) is 0 Å². The largest absolute Gasteiger partial charge is 0.383 e. The molecule has 0 amide bonds. The molecule has 0 aliphatic heterocycles. The molecule has 0 spiro atoms. The van der Waals surface area contributed by atoms with E-state index >= 15 is 0 Å². The number of Topliss-reactive ketones (excluding diaryl/α,β-unsaturated/α-hetero) is 1. The van der Waals surface area contributed by atoms with Crippen molar-refractivity contribution in [3.8, 4) is 0 Å². The van der Waals surface area contributed by atoms with Crippen LogP contribution in [0.4, 0.5) is 5.82 Å². The summed E-state index contributed by atoms with van der Waals surface area (Å²) in [4.78, 5) is 15.2. The summed E-state index contributed by atoms with van der Waals surface area (Å²) < 4.78 is 0. The fourth-order valence-electron chi connectivity index (χ4n) is 1.11. The maximum atomic E-state index is 11.0. The Morgan fingerprint density at radius 2 is 2.08 bits per heavy atom. The summed E-state index contributed by atoms with van der Waals surface area (Å²) in [7, 11) is 0. The molecule has 0 aromatic carbocycles. The van der Waals surface area contributed by atoms with Gasteiger partial charge in [0.2, 0.25) is 0 Å². The van der Waals surface area contributed by atoms with Crippen molar-refractivity contribution in [2.45, 2.75) is 26.7 Å². The van der Waals surface area contributed by atoms with Crippen molar-refractivity contribution in [3.63, 3.8) is 0 Å². The molecule has 1 aromatic rings. The smallest absolute Gasteiger partial charge is 0.163 e. The summed E-state index contributed by atoms with van der Waals surface area (Å²) in [5.41, 5.74) is 7.05. The maximum absolute atomic E-state index is 11.0. The Bertz CT molecular complexity index is 332. The van der Waals surface area contributed by atoms with Gasteiger partial charge in [-0.15, -0.1) is 0 Å². The van der Waals surface area contributed by atoms with Gasteiger partial charge in [0.1, 0.15) is 5.82 Å². The van der Waals surface area contributed by atoms with Crippen LogP contribution in [0.3, 0.4) is 0 Å². The lowest BCUT2D eigenvalue weighted by Crippen LogP contribution is -2.05. The van der Waals surface area contributed by atoms with Crippen molar-refractivity contribution in [2.75, 3.05) is 5.73 Å². The van der Waals surface area contributed by atoms with Gasteiger partial charge in [0, 0.05) is 5.69 Å². The number of rotatable bonds is 2. The van der Waals surface area contributed by atoms with Gasteiger partial charge in [0.05, 0.1) is 5.56 Å². The Labute approximate surface area is 78.0 Å². The molecule has 3 heteroatoms. The molecule has 0 aliphatic rings. The van der Waals surface area contributed by atoms with E-state index in [1.54, 1.807) is 6.07 Å². The van der Waals surface area contributed by atoms with E-state index in [2.05, 4.69) is 4.98 Å². The highest BCUT2D eigenvalue weighted by Gasteiger charge is 2.08. The number of aromatic nitrogens is 1. The summed E-state index contributed by atoms with van der Waals surface area (Å²) in [5.74, 6) is 0.627. The Hall–Kier alpha value is -1.38. The van der Waals surface area contributed by atoms with Crippen molar-refractivity contribution in [1.82, 2.24) is 4.98 Å². The molecule has 1 heterocycles. The van der Waals surface area contributed by atoms with Gasteiger partial charge in [0.15, 0.2) is 5.78 Å². The van der Waals surface area contributed by atoms with E-state index in [0.717, 1.165) is 5.69 Å². The molecule has 0 saturated heterocycles. The third-order valence-electron chi connectivity index (χ3n) is 1.92. The van der Waals surface area contributed by atoms with Crippen molar-refractivity contribution in [3.05, 3.63) is 23.4 Å². The lowest BCUT2D eigenvalue weighted by Gasteiger charge is -2.06. The first kappa shape index (κ1) is 9.71. The normalized spacial score (nSPS) is 10.5. The van der Waals surface area contributed by atoms with E-state index in [1.165, 1.54) is 6.92 Å². The fourth-order valence-corrected chi connectivity index (χ4v) is 1.11. The van der Waals surface area contributed by atoms with Gasteiger partial charge in [-0.05, 0) is 25.0 Å². The minimum absolute atomic E-state index is 0.0414. The molecular formula is C10H14N2O. The molecule has 0 atom stereocenters. The second-order valence-electron chi connectivity index (χ2n) is 3.38. The van der Waals surface area contributed by atoms with Gasteiger partial charge >= 0.3 is 0 Å². The SMILES string of the molecule is CC(=O)c1ccc(C(C)C)nc1N.